The van der Waals surface area contributed by atoms with Crippen molar-refractivity contribution in [2.24, 2.45) is 0 Å². The van der Waals surface area contributed by atoms with Gasteiger partial charge in [-0.1, -0.05) is 18.1 Å². The summed E-state index contributed by atoms with van der Waals surface area (Å²) in [6.45, 7) is 1.19. The zero-order valence-corrected chi connectivity index (χ0v) is 16.0. The number of rotatable bonds is 4. The number of likely N-dealkylation sites (tertiary alicyclic amines) is 1. The minimum absolute atomic E-state index is 0.0498. The molecule has 0 radical (unpaired) electrons. The molecule has 150 valence electrons. The summed E-state index contributed by atoms with van der Waals surface area (Å²) in [5.41, 5.74) is 1.28. The molecule has 4 rings (SSSR count). The fraction of sp³-hybridized carbons (Fsp3) is 0.227. The molecule has 1 saturated heterocycles. The number of carbonyl (C=O) groups is 1. The van der Waals surface area contributed by atoms with Crippen molar-refractivity contribution in [3.8, 4) is 29.9 Å². The molecular weight excluding hydrogens is 385 g/mol. The summed E-state index contributed by atoms with van der Waals surface area (Å²) >= 11 is 0. The zero-order chi connectivity index (χ0) is 20.9. The Bertz CT molecular complexity index is 1190. The zero-order valence-electron chi connectivity index (χ0n) is 16.0. The second-order valence-corrected chi connectivity index (χ2v) is 6.71. The van der Waals surface area contributed by atoms with E-state index in [1.54, 1.807) is 23.1 Å². The monoisotopic (exact) mass is 403 g/mol. The predicted molar refractivity (Wildman–Crippen MR) is 110 cm³/mol. The Hall–Kier alpha value is -4.04. The Balaban J connectivity index is 1.43. The Morgan fingerprint density at radius 3 is 3.10 bits per heavy atom. The summed E-state index contributed by atoms with van der Waals surface area (Å²) in [5, 5.41) is 4.14. The summed E-state index contributed by atoms with van der Waals surface area (Å²) in [7, 11) is 0. The first-order valence-electron chi connectivity index (χ1n) is 9.36. The van der Waals surface area contributed by atoms with Crippen LogP contribution in [0.15, 0.2) is 36.7 Å². The van der Waals surface area contributed by atoms with Gasteiger partial charge in [0.15, 0.2) is 11.6 Å². The number of hydrogen-bond donors (Lipinski definition) is 2. The van der Waals surface area contributed by atoms with Crippen molar-refractivity contribution in [1.82, 2.24) is 19.9 Å². The molecule has 1 atom stereocenters. The normalized spacial score (nSPS) is 15.3. The van der Waals surface area contributed by atoms with Crippen LogP contribution >= 0.6 is 0 Å². The second-order valence-electron chi connectivity index (χ2n) is 6.71. The third kappa shape index (κ3) is 4.18. The van der Waals surface area contributed by atoms with Gasteiger partial charge in [-0.05, 0) is 36.5 Å². The number of nitrogens with one attached hydrogen (secondary N) is 2. The number of benzene rings is 1. The molecule has 2 N–H and O–H groups in total. The third-order valence-corrected chi connectivity index (χ3v) is 4.72. The minimum atomic E-state index is -0.426. The van der Waals surface area contributed by atoms with Gasteiger partial charge in [0.25, 0.3) is 5.91 Å². The van der Waals surface area contributed by atoms with Crippen molar-refractivity contribution in [2.75, 3.05) is 25.0 Å². The number of ether oxygens (including phenoxy) is 1. The summed E-state index contributed by atoms with van der Waals surface area (Å²) < 4.78 is 18.9. The van der Waals surface area contributed by atoms with Gasteiger partial charge in [0.1, 0.15) is 24.4 Å². The van der Waals surface area contributed by atoms with Crippen molar-refractivity contribution in [2.45, 2.75) is 12.5 Å². The molecule has 1 amide bonds. The van der Waals surface area contributed by atoms with E-state index >= 15 is 0 Å². The fourth-order valence-electron chi connectivity index (χ4n) is 3.28. The number of H-pyrrole nitrogens is 1. The van der Waals surface area contributed by atoms with E-state index in [9.17, 15) is 9.18 Å². The van der Waals surface area contributed by atoms with E-state index in [1.807, 2.05) is 6.07 Å². The number of para-hydroxylation sites is 1. The Kier molecular flexibility index (Phi) is 5.49. The molecule has 1 aliphatic heterocycles. The first-order chi connectivity index (χ1) is 14.6. The maximum atomic E-state index is 13.5. The highest BCUT2D eigenvalue weighted by Gasteiger charge is 2.26. The second kappa shape index (κ2) is 8.54. The highest BCUT2D eigenvalue weighted by atomic mass is 19.1. The van der Waals surface area contributed by atoms with Crippen LogP contribution in [-0.4, -0.2) is 51.5 Å². The average molecular weight is 403 g/mol. The number of aromatic amines is 1. The van der Waals surface area contributed by atoms with Crippen molar-refractivity contribution in [1.29, 1.82) is 0 Å². The largest absolute Gasteiger partial charge is 0.478 e. The number of fused-ring (bicyclic) bond motifs is 1. The first kappa shape index (κ1) is 19.3. The topological polar surface area (TPSA) is 83.1 Å². The lowest BCUT2D eigenvalue weighted by Gasteiger charge is -2.15. The molecule has 0 aliphatic carbocycles. The van der Waals surface area contributed by atoms with E-state index in [2.05, 4.69) is 38.0 Å². The quantitative estimate of drug-likeness (QED) is 0.653. The van der Waals surface area contributed by atoms with Gasteiger partial charge in [-0.25, -0.2) is 14.4 Å². The third-order valence-electron chi connectivity index (χ3n) is 4.72. The molecule has 0 spiro atoms. The molecule has 0 unspecified atom stereocenters. The SMILES string of the molecule is C#CC(=O)N1CC[C@@H](Nc2ncnc3[nH]c(C#CCOc4ccccc4F)cc23)C1. The standard InChI is InChI=1S/C22H18FN5O2/c1-2-20(29)28-10-9-16(13-28)27-22-17-12-15(26-21(17)24-14-25-22)6-5-11-30-19-8-4-3-7-18(19)23/h1,3-4,7-8,12,14,16H,9-11,13H2,(H2,24,25,26,27)/t16-/m1/s1. The van der Waals surface area contributed by atoms with Crippen molar-refractivity contribution < 1.29 is 13.9 Å². The fourth-order valence-corrected chi connectivity index (χ4v) is 3.28. The lowest BCUT2D eigenvalue weighted by atomic mass is 10.2. The van der Waals surface area contributed by atoms with Crippen molar-refractivity contribution in [3.63, 3.8) is 0 Å². The van der Waals surface area contributed by atoms with E-state index in [-0.39, 0.29) is 24.3 Å². The van der Waals surface area contributed by atoms with E-state index in [0.29, 0.717) is 30.2 Å². The Labute approximate surface area is 172 Å². The van der Waals surface area contributed by atoms with Crippen LogP contribution in [0.5, 0.6) is 5.75 Å². The van der Waals surface area contributed by atoms with Crippen molar-refractivity contribution >= 4 is 22.8 Å². The minimum Gasteiger partial charge on any atom is -0.478 e. The van der Waals surface area contributed by atoms with Crippen LogP contribution in [0.4, 0.5) is 10.2 Å². The number of carbonyl (C=O) groups excluding carboxylic acids is 1. The predicted octanol–water partition coefficient (Wildman–Crippen LogP) is 2.17. The van der Waals surface area contributed by atoms with E-state index in [0.717, 1.165) is 11.8 Å². The molecule has 7 nitrogen and oxygen atoms in total. The van der Waals surface area contributed by atoms with Gasteiger partial charge < -0.3 is 19.9 Å². The molecule has 0 bridgehead atoms. The van der Waals surface area contributed by atoms with Crippen LogP contribution in [0.2, 0.25) is 0 Å². The molecule has 3 heterocycles. The summed E-state index contributed by atoms with van der Waals surface area (Å²) in [4.78, 5) is 25.0. The Morgan fingerprint density at radius 1 is 1.40 bits per heavy atom. The highest BCUT2D eigenvalue weighted by molar-refractivity contribution is 5.93. The summed E-state index contributed by atoms with van der Waals surface area (Å²) in [6.07, 6.45) is 7.43. The van der Waals surface area contributed by atoms with E-state index in [4.69, 9.17) is 11.2 Å². The van der Waals surface area contributed by atoms with Gasteiger partial charge in [-0.3, -0.25) is 4.79 Å². The van der Waals surface area contributed by atoms with Crippen LogP contribution in [-0.2, 0) is 4.79 Å². The van der Waals surface area contributed by atoms with Crippen LogP contribution in [0, 0.1) is 30.0 Å². The molecule has 1 aliphatic rings. The lowest BCUT2D eigenvalue weighted by Crippen LogP contribution is -2.30. The number of amides is 1. The molecule has 0 saturated carbocycles. The molecule has 2 aromatic heterocycles. The van der Waals surface area contributed by atoms with Crippen LogP contribution in [0.1, 0.15) is 12.1 Å². The van der Waals surface area contributed by atoms with Gasteiger partial charge in [0, 0.05) is 19.1 Å². The van der Waals surface area contributed by atoms with Crippen LogP contribution in [0.25, 0.3) is 11.0 Å². The maximum Gasteiger partial charge on any atom is 0.298 e. The van der Waals surface area contributed by atoms with Crippen LogP contribution in [0.3, 0.4) is 0 Å². The number of hydrogen-bond acceptors (Lipinski definition) is 5. The number of anilines is 1. The molecule has 1 fully saturated rings. The highest BCUT2D eigenvalue weighted by Crippen LogP contribution is 2.23. The van der Waals surface area contributed by atoms with E-state index < -0.39 is 5.82 Å². The maximum absolute atomic E-state index is 13.5. The summed E-state index contributed by atoms with van der Waals surface area (Å²) in [6, 6.07) is 8.07. The Morgan fingerprint density at radius 2 is 2.27 bits per heavy atom. The number of terminal acetylenes is 1. The van der Waals surface area contributed by atoms with Gasteiger partial charge in [-0.15, -0.1) is 6.42 Å². The molecular formula is C22H18FN5O2. The summed E-state index contributed by atoms with van der Waals surface area (Å²) in [5.74, 6) is 8.04. The first-order valence-corrected chi connectivity index (χ1v) is 9.36. The lowest BCUT2D eigenvalue weighted by molar-refractivity contribution is -0.124. The van der Waals surface area contributed by atoms with E-state index in [1.165, 1.54) is 12.4 Å². The van der Waals surface area contributed by atoms with Crippen LogP contribution < -0.4 is 10.1 Å². The molecule has 30 heavy (non-hydrogen) atoms. The molecule has 1 aromatic carbocycles. The average Bonchev–Trinajstić information content (AvgIpc) is 3.39. The van der Waals surface area contributed by atoms with Gasteiger partial charge in [0.2, 0.25) is 0 Å². The number of halogens is 1. The smallest absolute Gasteiger partial charge is 0.298 e. The van der Waals surface area contributed by atoms with Gasteiger partial charge in [-0.2, -0.15) is 0 Å². The number of nitrogens with zero attached hydrogens (tertiary/aromatic N) is 3. The van der Waals surface area contributed by atoms with Gasteiger partial charge in [0.05, 0.1) is 11.1 Å². The molecule has 8 heteroatoms. The van der Waals surface area contributed by atoms with Crippen molar-refractivity contribution in [3.05, 3.63) is 48.2 Å². The van der Waals surface area contributed by atoms with Gasteiger partial charge >= 0.3 is 0 Å². The number of aromatic nitrogens is 3. The molecule has 3 aromatic rings.